The van der Waals surface area contributed by atoms with Gasteiger partial charge >= 0.3 is 6.03 Å². The largest absolute Gasteiger partial charge is 0.497 e. The Bertz CT molecular complexity index is 538. The highest BCUT2D eigenvalue weighted by atomic mass is 16.5. The number of amides is 1. The fourth-order valence-corrected chi connectivity index (χ4v) is 1.46. The van der Waals surface area contributed by atoms with Gasteiger partial charge < -0.3 is 14.8 Å². The maximum atomic E-state index is 11.8. The second-order valence-electron chi connectivity index (χ2n) is 3.45. The number of nitrogens with one attached hydrogen (secondary N) is 1. The number of ether oxygens (including phenoxy) is 2. The van der Waals surface area contributed by atoms with Crippen LogP contribution in [0.2, 0.25) is 0 Å². The van der Waals surface area contributed by atoms with E-state index in [0.717, 1.165) is 0 Å². The Hall–Kier alpha value is -2.50. The number of anilines is 1. The minimum atomic E-state index is -0.358. The number of hydrogen-bond acceptors (Lipinski definition) is 4. The molecule has 0 aliphatic heterocycles. The average molecular weight is 247 g/mol. The monoisotopic (exact) mass is 247 g/mol. The van der Waals surface area contributed by atoms with Crippen molar-refractivity contribution < 1.29 is 14.3 Å². The number of benzene rings is 1. The van der Waals surface area contributed by atoms with E-state index in [1.807, 2.05) is 0 Å². The zero-order chi connectivity index (χ0) is 13.0. The molecular formula is C12H13N3O3. The van der Waals surface area contributed by atoms with Crippen LogP contribution < -0.4 is 14.8 Å². The van der Waals surface area contributed by atoms with E-state index in [0.29, 0.717) is 17.2 Å². The highest BCUT2D eigenvalue weighted by Crippen LogP contribution is 2.28. The number of carbonyl (C=O) groups is 1. The Balaban J connectivity index is 2.21. The second-order valence-corrected chi connectivity index (χ2v) is 3.45. The Morgan fingerprint density at radius 1 is 1.33 bits per heavy atom. The van der Waals surface area contributed by atoms with Crippen LogP contribution in [-0.2, 0) is 0 Å². The van der Waals surface area contributed by atoms with Gasteiger partial charge in [-0.05, 0) is 18.2 Å². The highest BCUT2D eigenvalue weighted by molar-refractivity contribution is 5.92. The Morgan fingerprint density at radius 2 is 2.17 bits per heavy atom. The van der Waals surface area contributed by atoms with Gasteiger partial charge in [0.1, 0.15) is 11.5 Å². The maximum absolute atomic E-state index is 11.8. The summed E-state index contributed by atoms with van der Waals surface area (Å²) in [4.78, 5) is 11.8. The van der Waals surface area contributed by atoms with Crippen LogP contribution in [0.1, 0.15) is 0 Å². The summed E-state index contributed by atoms with van der Waals surface area (Å²) in [6.07, 6.45) is 3.09. The lowest BCUT2D eigenvalue weighted by Crippen LogP contribution is -2.20. The average Bonchev–Trinajstić information content (AvgIpc) is 2.93. The molecule has 0 aliphatic carbocycles. The number of hydrogen-bond donors (Lipinski definition) is 1. The van der Waals surface area contributed by atoms with E-state index in [9.17, 15) is 4.79 Å². The Morgan fingerprint density at radius 3 is 2.78 bits per heavy atom. The van der Waals surface area contributed by atoms with Crippen LogP contribution >= 0.6 is 0 Å². The number of methoxy groups -OCH3 is 2. The topological polar surface area (TPSA) is 65.4 Å². The summed E-state index contributed by atoms with van der Waals surface area (Å²) in [6, 6.07) is 6.45. The molecule has 0 spiro atoms. The van der Waals surface area contributed by atoms with Crippen LogP contribution in [-0.4, -0.2) is 30.0 Å². The highest BCUT2D eigenvalue weighted by Gasteiger charge is 2.10. The number of aromatic nitrogens is 2. The summed E-state index contributed by atoms with van der Waals surface area (Å²) >= 11 is 0. The van der Waals surface area contributed by atoms with Gasteiger partial charge in [-0.15, -0.1) is 0 Å². The van der Waals surface area contributed by atoms with Crippen molar-refractivity contribution in [3.05, 3.63) is 36.7 Å². The van der Waals surface area contributed by atoms with Crippen LogP contribution in [0.25, 0.3) is 0 Å². The minimum absolute atomic E-state index is 0.358. The SMILES string of the molecule is COc1ccc(NC(=O)n2cccn2)c(OC)c1. The van der Waals surface area contributed by atoms with Crippen molar-refractivity contribution >= 4 is 11.7 Å². The van der Waals surface area contributed by atoms with Gasteiger partial charge in [0, 0.05) is 18.5 Å². The molecule has 94 valence electrons. The third-order valence-electron chi connectivity index (χ3n) is 2.36. The van der Waals surface area contributed by atoms with Gasteiger partial charge in [0.15, 0.2) is 0 Å². The zero-order valence-corrected chi connectivity index (χ0v) is 10.1. The number of nitrogens with zero attached hydrogens (tertiary/aromatic N) is 2. The fourth-order valence-electron chi connectivity index (χ4n) is 1.46. The molecular weight excluding hydrogens is 234 g/mol. The van der Waals surface area contributed by atoms with E-state index in [2.05, 4.69) is 10.4 Å². The molecule has 2 aromatic rings. The molecule has 0 bridgehead atoms. The molecule has 1 N–H and O–H groups in total. The molecule has 0 radical (unpaired) electrons. The first kappa shape index (κ1) is 12.0. The molecule has 0 fully saturated rings. The smallest absolute Gasteiger partial charge is 0.346 e. The van der Waals surface area contributed by atoms with E-state index in [-0.39, 0.29) is 6.03 Å². The van der Waals surface area contributed by atoms with Crippen molar-refractivity contribution in [1.29, 1.82) is 0 Å². The normalized spacial score (nSPS) is 9.89. The summed E-state index contributed by atoms with van der Waals surface area (Å²) < 4.78 is 11.5. The predicted molar refractivity (Wildman–Crippen MR) is 66.2 cm³/mol. The molecule has 6 heteroatoms. The van der Waals surface area contributed by atoms with Crippen molar-refractivity contribution in [3.8, 4) is 11.5 Å². The second kappa shape index (κ2) is 5.22. The van der Waals surface area contributed by atoms with Crippen molar-refractivity contribution in [2.24, 2.45) is 0 Å². The van der Waals surface area contributed by atoms with E-state index < -0.39 is 0 Å². The predicted octanol–water partition coefficient (Wildman–Crippen LogP) is 1.98. The first-order chi connectivity index (χ1) is 8.74. The number of rotatable bonds is 3. The molecule has 1 heterocycles. The fraction of sp³-hybridized carbons (Fsp3) is 0.167. The molecule has 2 rings (SSSR count). The molecule has 1 aromatic heterocycles. The lowest BCUT2D eigenvalue weighted by molar-refractivity contribution is 0.250. The van der Waals surface area contributed by atoms with Crippen LogP contribution in [0.5, 0.6) is 11.5 Å². The lowest BCUT2D eigenvalue weighted by atomic mass is 10.2. The molecule has 0 saturated heterocycles. The summed E-state index contributed by atoms with van der Waals surface area (Å²) in [5.41, 5.74) is 0.554. The summed E-state index contributed by atoms with van der Waals surface area (Å²) in [5.74, 6) is 1.18. The van der Waals surface area contributed by atoms with E-state index >= 15 is 0 Å². The van der Waals surface area contributed by atoms with Gasteiger partial charge in [-0.1, -0.05) is 0 Å². The molecule has 1 amide bonds. The van der Waals surface area contributed by atoms with Crippen molar-refractivity contribution in [1.82, 2.24) is 9.78 Å². The Kier molecular flexibility index (Phi) is 3.47. The molecule has 18 heavy (non-hydrogen) atoms. The summed E-state index contributed by atoms with van der Waals surface area (Å²) in [6.45, 7) is 0. The van der Waals surface area contributed by atoms with Crippen molar-refractivity contribution in [2.45, 2.75) is 0 Å². The summed E-state index contributed by atoms with van der Waals surface area (Å²) in [5, 5.41) is 6.54. The number of carbonyl (C=O) groups excluding carboxylic acids is 1. The first-order valence-corrected chi connectivity index (χ1v) is 5.27. The van der Waals surface area contributed by atoms with Crippen LogP contribution in [0.15, 0.2) is 36.7 Å². The molecule has 0 aliphatic rings. The van der Waals surface area contributed by atoms with E-state index in [1.165, 1.54) is 18.0 Å². The van der Waals surface area contributed by atoms with E-state index in [1.54, 1.807) is 37.6 Å². The van der Waals surface area contributed by atoms with Crippen molar-refractivity contribution in [3.63, 3.8) is 0 Å². The first-order valence-electron chi connectivity index (χ1n) is 5.27. The van der Waals surface area contributed by atoms with Gasteiger partial charge in [0.05, 0.1) is 19.9 Å². The molecule has 0 unspecified atom stereocenters. The molecule has 1 aromatic carbocycles. The van der Waals surface area contributed by atoms with Crippen molar-refractivity contribution in [2.75, 3.05) is 19.5 Å². The van der Waals surface area contributed by atoms with Gasteiger partial charge in [0.25, 0.3) is 0 Å². The quantitative estimate of drug-likeness (QED) is 0.900. The van der Waals surface area contributed by atoms with Gasteiger partial charge in [-0.2, -0.15) is 9.78 Å². The minimum Gasteiger partial charge on any atom is -0.497 e. The van der Waals surface area contributed by atoms with Crippen LogP contribution in [0.3, 0.4) is 0 Å². The standard InChI is InChI=1S/C12H13N3O3/c1-17-9-4-5-10(11(8-9)18-2)14-12(16)15-7-3-6-13-15/h3-8H,1-2H3,(H,14,16). The molecule has 0 atom stereocenters. The van der Waals surface area contributed by atoms with Gasteiger partial charge in [0.2, 0.25) is 0 Å². The summed E-state index contributed by atoms with van der Waals surface area (Å²) in [7, 11) is 3.09. The van der Waals surface area contributed by atoms with Crippen LogP contribution in [0, 0.1) is 0 Å². The van der Waals surface area contributed by atoms with Gasteiger partial charge in [-0.25, -0.2) is 4.79 Å². The van der Waals surface area contributed by atoms with Crippen LogP contribution in [0.4, 0.5) is 10.5 Å². The molecule has 6 nitrogen and oxygen atoms in total. The molecule has 0 saturated carbocycles. The Labute approximate surface area is 104 Å². The third kappa shape index (κ3) is 2.42. The van der Waals surface area contributed by atoms with E-state index in [4.69, 9.17) is 9.47 Å². The maximum Gasteiger partial charge on any atom is 0.346 e. The van der Waals surface area contributed by atoms with Gasteiger partial charge in [-0.3, -0.25) is 0 Å². The zero-order valence-electron chi connectivity index (χ0n) is 10.1. The lowest BCUT2D eigenvalue weighted by Gasteiger charge is -2.11. The third-order valence-corrected chi connectivity index (χ3v) is 2.36.